The summed E-state index contributed by atoms with van der Waals surface area (Å²) in [7, 11) is -0.433. The lowest BCUT2D eigenvalue weighted by molar-refractivity contribution is -0.114. The Morgan fingerprint density at radius 3 is 2.25 bits per heavy atom. The van der Waals surface area contributed by atoms with E-state index in [4.69, 9.17) is 9.31 Å². The van der Waals surface area contributed by atoms with Crippen LogP contribution in [0, 0.1) is 6.92 Å². The second-order valence-corrected chi connectivity index (χ2v) is 6.20. The lowest BCUT2D eigenvalue weighted by atomic mass is 9.80. The number of aryl methyl sites for hydroxylation is 1. The molecule has 20 heavy (non-hydrogen) atoms. The molecule has 0 radical (unpaired) electrons. The Morgan fingerprint density at radius 1 is 1.25 bits per heavy atom. The third-order valence-corrected chi connectivity index (χ3v) is 3.92. The second kappa shape index (κ2) is 4.86. The molecule has 0 aromatic carbocycles. The Bertz CT molecular complexity index is 527. The maximum absolute atomic E-state index is 11.1. The molecule has 0 bridgehead atoms. The summed E-state index contributed by atoms with van der Waals surface area (Å²) in [5, 5.41) is 2.69. The minimum atomic E-state index is -0.433. The highest BCUT2D eigenvalue weighted by Gasteiger charge is 2.51. The Morgan fingerprint density at radius 2 is 1.80 bits per heavy atom. The number of amides is 1. The number of nitrogens with zero attached hydrogens (tertiary/aromatic N) is 1. The smallest absolute Gasteiger partial charge is 0.399 e. The fourth-order valence-electron chi connectivity index (χ4n) is 2.00. The number of hydrogen-bond acceptors (Lipinski definition) is 4. The van der Waals surface area contributed by atoms with Crippen LogP contribution < -0.4 is 10.8 Å². The highest BCUT2D eigenvalue weighted by molar-refractivity contribution is 6.62. The summed E-state index contributed by atoms with van der Waals surface area (Å²) in [5.41, 5.74) is 0.992. The largest absolute Gasteiger partial charge is 0.496 e. The van der Waals surface area contributed by atoms with E-state index in [-0.39, 0.29) is 17.1 Å². The highest BCUT2D eigenvalue weighted by Crippen LogP contribution is 2.36. The van der Waals surface area contributed by atoms with Crippen molar-refractivity contribution in [1.29, 1.82) is 0 Å². The van der Waals surface area contributed by atoms with Gasteiger partial charge < -0.3 is 14.6 Å². The summed E-state index contributed by atoms with van der Waals surface area (Å²) < 4.78 is 12.0. The monoisotopic (exact) mass is 276 g/mol. The zero-order chi connectivity index (χ0) is 15.1. The van der Waals surface area contributed by atoms with Crippen molar-refractivity contribution < 1.29 is 14.1 Å². The van der Waals surface area contributed by atoms with Gasteiger partial charge in [-0.3, -0.25) is 4.79 Å². The van der Waals surface area contributed by atoms with Crippen LogP contribution >= 0.6 is 0 Å². The van der Waals surface area contributed by atoms with Gasteiger partial charge in [-0.05, 0) is 40.2 Å². The Labute approximate surface area is 120 Å². The fourth-order valence-corrected chi connectivity index (χ4v) is 2.00. The molecule has 0 aliphatic carbocycles. The average molecular weight is 276 g/mol. The second-order valence-electron chi connectivity index (χ2n) is 6.20. The van der Waals surface area contributed by atoms with Crippen LogP contribution in [0.4, 0.5) is 5.82 Å². The topological polar surface area (TPSA) is 60.5 Å². The molecule has 1 aromatic rings. The number of carbonyl (C=O) groups is 1. The minimum absolute atomic E-state index is 0.135. The molecule has 1 N–H and O–H groups in total. The molecule has 1 aliphatic heterocycles. The quantitative estimate of drug-likeness (QED) is 0.834. The van der Waals surface area contributed by atoms with E-state index in [1.807, 2.05) is 40.7 Å². The molecule has 1 aromatic heterocycles. The van der Waals surface area contributed by atoms with Gasteiger partial charge in [-0.15, -0.1) is 0 Å². The molecule has 0 spiro atoms. The van der Waals surface area contributed by atoms with Crippen molar-refractivity contribution in [2.75, 3.05) is 5.32 Å². The van der Waals surface area contributed by atoms with Crippen molar-refractivity contribution in [1.82, 2.24) is 4.98 Å². The number of rotatable bonds is 2. The van der Waals surface area contributed by atoms with Crippen molar-refractivity contribution in [2.24, 2.45) is 0 Å². The van der Waals surface area contributed by atoms with Crippen LogP contribution in [0.1, 0.15) is 40.2 Å². The van der Waals surface area contributed by atoms with E-state index in [0.29, 0.717) is 5.82 Å². The first-order chi connectivity index (χ1) is 9.12. The van der Waals surface area contributed by atoms with Crippen molar-refractivity contribution in [3.63, 3.8) is 0 Å². The number of carbonyl (C=O) groups excluding carboxylic acids is 1. The summed E-state index contributed by atoms with van der Waals surface area (Å²) >= 11 is 0. The predicted molar refractivity (Wildman–Crippen MR) is 79.0 cm³/mol. The summed E-state index contributed by atoms with van der Waals surface area (Å²) in [6.07, 6.45) is 1.68. The van der Waals surface area contributed by atoms with Crippen LogP contribution in [-0.4, -0.2) is 29.2 Å². The molecule has 0 atom stereocenters. The van der Waals surface area contributed by atoms with Gasteiger partial charge in [0, 0.05) is 18.6 Å². The van der Waals surface area contributed by atoms with Crippen LogP contribution in [0.5, 0.6) is 0 Å². The molecule has 2 heterocycles. The molecular weight excluding hydrogens is 255 g/mol. The van der Waals surface area contributed by atoms with Gasteiger partial charge in [-0.25, -0.2) is 4.98 Å². The van der Waals surface area contributed by atoms with E-state index in [2.05, 4.69) is 10.3 Å². The first kappa shape index (κ1) is 15.0. The Hall–Kier alpha value is -1.40. The predicted octanol–water partition coefficient (Wildman–Crippen LogP) is 1.65. The SMILES string of the molecule is CC(=O)Nc1ncc(B2OC(C)(C)C(C)(C)O2)cc1C. The minimum Gasteiger partial charge on any atom is -0.399 e. The highest BCUT2D eigenvalue weighted by atomic mass is 16.7. The van der Waals surface area contributed by atoms with Crippen LogP contribution in [0.2, 0.25) is 0 Å². The number of aromatic nitrogens is 1. The van der Waals surface area contributed by atoms with E-state index in [0.717, 1.165) is 11.0 Å². The van der Waals surface area contributed by atoms with Crippen LogP contribution in [0.3, 0.4) is 0 Å². The summed E-state index contributed by atoms with van der Waals surface area (Å²) in [6.45, 7) is 11.4. The van der Waals surface area contributed by atoms with E-state index < -0.39 is 7.12 Å². The van der Waals surface area contributed by atoms with Gasteiger partial charge in [-0.2, -0.15) is 0 Å². The van der Waals surface area contributed by atoms with Gasteiger partial charge in [-0.1, -0.05) is 6.07 Å². The molecule has 1 amide bonds. The third-order valence-electron chi connectivity index (χ3n) is 3.92. The maximum atomic E-state index is 11.1. The van der Waals surface area contributed by atoms with Gasteiger partial charge in [0.15, 0.2) is 0 Å². The average Bonchev–Trinajstić information content (AvgIpc) is 2.50. The fraction of sp³-hybridized carbons (Fsp3) is 0.571. The zero-order valence-electron chi connectivity index (χ0n) is 12.9. The van der Waals surface area contributed by atoms with Gasteiger partial charge in [0.25, 0.3) is 0 Å². The molecule has 6 heteroatoms. The lowest BCUT2D eigenvalue weighted by Crippen LogP contribution is -2.41. The van der Waals surface area contributed by atoms with E-state index in [9.17, 15) is 4.79 Å². The van der Waals surface area contributed by atoms with Crippen molar-refractivity contribution >= 4 is 24.3 Å². The summed E-state index contributed by atoms with van der Waals surface area (Å²) in [6, 6.07) is 1.93. The summed E-state index contributed by atoms with van der Waals surface area (Å²) in [4.78, 5) is 15.3. The van der Waals surface area contributed by atoms with Crippen molar-refractivity contribution in [3.8, 4) is 0 Å². The van der Waals surface area contributed by atoms with Crippen molar-refractivity contribution in [2.45, 2.75) is 52.7 Å². The molecule has 2 rings (SSSR count). The molecule has 1 aliphatic rings. The van der Waals surface area contributed by atoms with Crippen LogP contribution in [-0.2, 0) is 14.1 Å². The number of hydrogen-bond donors (Lipinski definition) is 1. The molecule has 0 unspecified atom stereocenters. The standard InChI is InChI=1S/C14H21BN2O3/c1-9-7-11(8-16-12(9)17-10(2)18)15-19-13(3,4)14(5,6)20-15/h7-8H,1-6H3,(H,16,17,18). The van der Waals surface area contributed by atoms with Crippen LogP contribution in [0.25, 0.3) is 0 Å². The molecule has 1 fully saturated rings. The van der Waals surface area contributed by atoms with Gasteiger partial charge in [0.1, 0.15) is 5.82 Å². The molecule has 1 saturated heterocycles. The molecule has 108 valence electrons. The normalized spacial score (nSPS) is 20.0. The van der Waals surface area contributed by atoms with Gasteiger partial charge in [0.2, 0.25) is 5.91 Å². The Kier molecular flexibility index (Phi) is 3.65. The van der Waals surface area contributed by atoms with Gasteiger partial charge >= 0.3 is 7.12 Å². The van der Waals surface area contributed by atoms with E-state index in [1.54, 1.807) is 6.20 Å². The first-order valence-corrected chi connectivity index (χ1v) is 6.72. The first-order valence-electron chi connectivity index (χ1n) is 6.72. The Balaban J connectivity index is 2.24. The number of anilines is 1. The molecule has 0 saturated carbocycles. The molecular formula is C14H21BN2O3. The van der Waals surface area contributed by atoms with E-state index in [1.165, 1.54) is 6.92 Å². The maximum Gasteiger partial charge on any atom is 0.496 e. The van der Waals surface area contributed by atoms with Gasteiger partial charge in [0.05, 0.1) is 11.2 Å². The molecule has 5 nitrogen and oxygen atoms in total. The van der Waals surface area contributed by atoms with E-state index >= 15 is 0 Å². The zero-order valence-corrected chi connectivity index (χ0v) is 12.9. The number of nitrogens with one attached hydrogen (secondary N) is 1. The summed E-state index contributed by atoms with van der Waals surface area (Å²) in [5.74, 6) is 0.432. The van der Waals surface area contributed by atoms with Crippen molar-refractivity contribution in [3.05, 3.63) is 17.8 Å². The van der Waals surface area contributed by atoms with Crippen LogP contribution in [0.15, 0.2) is 12.3 Å². The lowest BCUT2D eigenvalue weighted by Gasteiger charge is -2.32. The third kappa shape index (κ3) is 2.71. The number of pyridine rings is 1.